The molecule has 1 aliphatic carbocycles. The number of nitrogens with one attached hydrogen (secondary N) is 1. The van der Waals surface area contributed by atoms with Crippen LogP contribution in [0.5, 0.6) is 0 Å². The number of rotatable bonds is 5. The van der Waals surface area contributed by atoms with Gasteiger partial charge in [-0.05, 0) is 58.1 Å². The molecular weight excluding hydrogens is 278 g/mol. The molecule has 1 spiro atoms. The van der Waals surface area contributed by atoms with Crippen molar-refractivity contribution in [3.8, 4) is 0 Å². The summed E-state index contributed by atoms with van der Waals surface area (Å²) in [6.07, 6.45) is 10.9. The van der Waals surface area contributed by atoms with Gasteiger partial charge in [0, 0.05) is 22.3 Å². The van der Waals surface area contributed by atoms with Gasteiger partial charge in [0.1, 0.15) is 0 Å². The Morgan fingerprint density at radius 1 is 1.29 bits per heavy atom. The van der Waals surface area contributed by atoms with Crippen LogP contribution < -0.4 is 5.32 Å². The minimum Gasteiger partial charge on any atom is -0.370 e. The average molecular weight is 308 g/mol. The highest BCUT2D eigenvalue weighted by Crippen LogP contribution is 2.41. The molecule has 1 saturated heterocycles. The van der Waals surface area contributed by atoms with E-state index < -0.39 is 0 Å². The van der Waals surface area contributed by atoms with E-state index in [-0.39, 0.29) is 5.60 Å². The van der Waals surface area contributed by atoms with E-state index in [0.717, 1.165) is 13.0 Å². The maximum Gasteiger partial charge on any atom is 0.0708 e. The molecule has 0 aromatic carbocycles. The summed E-state index contributed by atoms with van der Waals surface area (Å²) in [5.41, 5.74) is 0.263. The van der Waals surface area contributed by atoms with Crippen LogP contribution >= 0.6 is 11.3 Å². The SMILES string of the molecule is Cc1ccc(CC(C)NCC2CCC3(CCCCC3)O2)s1. The summed E-state index contributed by atoms with van der Waals surface area (Å²) < 4.78 is 6.43. The maximum absolute atomic E-state index is 6.43. The lowest BCUT2D eigenvalue weighted by molar-refractivity contribution is -0.0628. The van der Waals surface area contributed by atoms with E-state index >= 15 is 0 Å². The lowest BCUT2D eigenvalue weighted by Crippen LogP contribution is -2.37. The second-order valence-electron chi connectivity index (χ2n) is 7.05. The van der Waals surface area contributed by atoms with E-state index in [1.165, 1.54) is 54.7 Å². The van der Waals surface area contributed by atoms with Crippen molar-refractivity contribution in [1.29, 1.82) is 0 Å². The summed E-state index contributed by atoms with van der Waals surface area (Å²) >= 11 is 1.92. The van der Waals surface area contributed by atoms with Gasteiger partial charge < -0.3 is 10.1 Å². The van der Waals surface area contributed by atoms with Crippen molar-refractivity contribution in [2.24, 2.45) is 0 Å². The van der Waals surface area contributed by atoms with Crippen LogP contribution in [0.4, 0.5) is 0 Å². The predicted molar refractivity (Wildman–Crippen MR) is 90.1 cm³/mol. The van der Waals surface area contributed by atoms with Crippen molar-refractivity contribution in [3.05, 3.63) is 21.9 Å². The molecule has 2 unspecified atom stereocenters. The zero-order valence-corrected chi connectivity index (χ0v) is 14.3. The zero-order valence-electron chi connectivity index (χ0n) is 13.5. The fourth-order valence-electron chi connectivity index (χ4n) is 3.90. The van der Waals surface area contributed by atoms with Crippen LogP contribution in [0.1, 0.15) is 61.6 Å². The predicted octanol–water partition coefficient (Wildman–Crippen LogP) is 4.46. The van der Waals surface area contributed by atoms with Gasteiger partial charge >= 0.3 is 0 Å². The van der Waals surface area contributed by atoms with Crippen LogP contribution in [0, 0.1) is 6.92 Å². The smallest absolute Gasteiger partial charge is 0.0708 e. The fraction of sp³-hybridized carbons (Fsp3) is 0.778. The molecule has 2 aliphatic rings. The van der Waals surface area contributed by atoms with E-state index in [1.54, 1.807) is 0 Å². The van der Waals surface area contributed by atoms with E-state index in [0.29, 0.717) is 12.1 Å². The third-order valence-electron chi connectivity index (χ3n) is 5.10. The first-order valence-electron chi connectivity index (χ1n) is 8.62. The van der Waals surface area contributed by atoms with Crippen LogP contribution in [-0.2, 0) is 11.2 Å². The topological polar surface area (TPSA) is 21.3 Å². The van der Waals surface area contributed by atoms with Crippen LogP contribution in [0.2, 0.25) is 0 Å². The molecule has 21 heavy (non-hydrogen) atoms. The molecule has 1 aromatic rings. The van der Waals surface area contributed by atoms with Crippen molar-refractivity contribution in [2.75, 3.05) is 6.54 Å². The molecule has 1 saturated carbocycles. The van der Waals surface area contributed by atoms with Gasteiger partial charge in [-0.1, -0.05) is 19.3 Å². The van der Waals surface area contributed by atoms with E-state index in [4.69, 9.17) is 4.74 Å². The molecule has 2 heterocycles. The number of hydrogen-bond donors (Lipinski definition) is 1. The number of ether oxygens (including phenoxy) is 1. The van der Waals surface area contributed by atoms with Gasteiger partial charge in [-0.3, -0.25) is 0 Å². The molecule has 1 aromatic heterocycles. The molecule has 0 amide bonds. The normalized spacial score (nSPS) is 26.3. The Morgan fingerprint density at radius 3 is 2.81 bits per heavy atom. The first-order chi connectivity index (χ1) is 10.2. The summed E-state index contributed by atoms with van der Waals surface area (Å²) in [7, 11) is 0. The third-order valence-corrected chi connectivity index (χ3v) is 6.12. The second-order valence-corrected chi connectivity index (χ2v) is 8.42. The van der Waals surface area contributed by atoms with Crippen molar-refractivity contribution < 1.29 is 4.74 Å². The molecular formula is C18H29NOS. The molecule has 0 bridgehead atoms. The Hall–Kier alpha value is -0.380. The van der Waals surface area contributed by atoms with Gasteiger partial charge in [-0.15, -0.1) is 11.3 Å². The highest BCUT2D eigenvalue weighted by atomic mass is 32.1. The summed E-state index contributed by atoms with van der Waals surface area (Å²) in [5.74, 6) is 0. The van der Waals surface area contributed by atoms with Crippen molar-refractivity contribution in [2.45, 2.75) is 83.0 Å². The number of thiophene rings is 1. The minimum atomic E-state index is 0.263. The largest absolute Gasteiger partial charge is 0.370 e. The van der Waals surface area contributed by atoms with Gasteiger partial charge in [0.15, 0.2) is 0 Å². The van der Waals surface area contributed by atoms with Crippen LogP contribution in [-0.4, -0.2) is 24.3 Å². The molecule has 3 rings (SSSR count). The summed E-state index contributed by atoms with van der Waals surface area (Å²) in [6, 6.07) is 5.02. The van der Waals surface area contributed by atoms with E-state index in [2.05, 4.69) is 31.3 Å². The van der Waals surface area contributed by atoms with Crippen molar-refractivity contribution in [3.63, 3.8) is 0 Å². The molecule has 2 fully saturated rings. The molecule has 1 N–H and O–H groups in total. The van der Waals surface area contributed by atoms with E-state index in [9.17, 15) is 0 Å². The summed E-state index contributed by atoms with van der Waals surface area (Å²) in [5, 5.41) is 3.69. The lowest BCUT2D eigenvalue weighted by Gasteiger charge is -2.33. The Bertz CT molecular complexity index is 450. The highest BCUT2D eigenvalue weighted by molar-refractivity contribution is 7.11. The van der Waals surface area contributed by atoms with Crippen molar-refractivity contribution in [1.82, 2.24) is 5.32 Å². The Labute approximate surface area is 133 Å². The summed E-state index contributed by atoms with van der Waals surface area (Å²) in [4.78, 5) is 2.90. The molecule has 0 radical (unpaired) electrons. The first kappa shape index (κ1) is 15.5. The fourth-order valence-corrected chi connectivity index (χ4v) is 4.92. The molecule has 1 aliphatic heterocycles. The number of aryl methyl sites for hydroxylation is 1. The molecule has 3 heteroatoms. The first-order valence-corrected chi connectivity index (χ1v) is 9.43. The van der Waals surface area contributed by atoms with E-state index in [1.807, 2.05) is 11.3 Å². The average Bonchev–Trinajstić information content (AvgIpc) is 3.05. The summed E-state index contributed by atoms with van der Waals surface area (Å²) in [6.45, 7) is 5.50. The minimum absolute atomic E-state index is 0.263. The third kappa shape index (κ3) is 4.08. The second kappa shape index (κ2) is 6.80. The highest BCUT2D eigenvalue weighted by Gasteiger charge is 2.40. The Kier molecular flexibility index (Phi) is 5.03. The van der Waals surface area contributed by atoms with Gasteiger partial charge in [0.2, 0.25) is 0 Å². The van der Waals surface area contributed by atoms with Crippen LogP contribution in [0.15, 0.2) is 12.1 Å². The van der Waals surface area contributed by atoms with Gasteiger partial charge in [-0.25, -0.2) is 0 Å². The van der Waals surface area contributed by atoms with Crippen LogP contribution in [0.3, 0.4) is 0 Å². The maximum atomic E-state index is 6.43. The quantitative estimate of drug-likeness (QED) is 0.867. The Balaban J connectivity index is 1.41. The standard InChI is InChI=1S/C18H29NOS/c1-14(12-17-7-6-15(2)21-17)19-13-16-8-11-18(20-16)9-4-3-5-10-18/h6-7,14,16,19H,3-5,8-13H2,1-2H3. The monoisotopic (exact) mass is 307 g/mol. The van der Waals surface area contributed by atoms with Gasteiger partial charge in [-0.2, -0.15) is 0 Å². The molecule has 2 nitrogen and oxygen atoms in total. The van der Waals surface area contributed by atoms with Crippen LogP contribution in [0.25, 0.3) is 0 Å². The lowest BCUT2D eigenvalue weighted by atomic mass is 9.83. The molecule has 118 valence electrons. The number of hydrogen-bond acceptors (Lipinski definition) is 3. The Morgan fingerprint density at radius 2 is 2.10 bits per heavy atom. The van der Waals surface area contributed by atoms with Gasteiger partial charge in [0.25, 0.3) is 0 Å². The zero-order chi connectivity index (χ0) is 14.7. The van der Waals surface area contributed by atoms with Crippen molar-refractivity contribution >= 4 is 11.3 Å². The molecule has 2 atom stereocenters. The van der Waals surface area contributed by atoms with Gasteiger partial charge in [0.05, 0.1) is 11.7 Å².